The van der Waals surface area contributed by atoms with Crippen molar-refractivity contribution in [1.29, 1.82) is 0 Å². The second-order valence-electron chi connectivity index (χ2n) is 2.50. The Morgan fingerprint density at radius 1 is 1.58 bits per heavy atom. The molecule has 0 amide bonds. The Hall–Kier alpha value is -0.610. The first-order valence-electron chi connectivity index (χ1n) is 3.55. The molecule has 1 heterocycles. The van der Waals surface area contributed by atoms with E-state index in [1.165, 1.54) is 0 Å². The molecular weight excluding hydrogens is 220 g/mol. The lowest BCUT2D eigenvalue weighted by molar-refractivity contribution is 0.182. The molecule has 0 N–H and O–H groups in total. The highest BCUT2D eigenvalue weighted by Crippen LogP contribution is 2.23. The minimum absolute atomic E-state index is 0.781. The lowest BCUT2D eigenvalue weighted by Crippen LogP contribution is -2.16. The van der Waals surface area contributed by atoms with Crippen molar-refractivity contribution in [2.75, 3.05) is 19.2 Å². The Labute approximate surface area is 80.4 Å². The van der Waals surface area contributed by atoms with Crippen LogP contribution in [-0.4, -0.2) is 19.1 Å². The fourth-order valence-electron chi connectivity index (χ4n) is 0.845. The second kappa shape index (κ2) is 3.87. The van der Waals surface area contributed by atoms with Gasteiger partial charge >= 0.3 is 0 Å². The van der Waals surface area contributed by atoms with Crippen LogP contribution < -0.4 is 5.06 Å². The van der Waals surface area contributed by atoms with Gasteiger partial charge in [0.25, 0.3) is 0 Å². The predicted molar refractivity (Wildman–Crippen MR) is 52.1 cm³/mol. The first-order valence-corrected chi connectivity index (χ1v) is 4.34. The molecule has 12 heavy (non-hydrogen) atoms. The van der Waals surface area contributed by atoms with Crippen LogP contribution in [0.15, 0.2) is 16.7 Å². The normalized spacial score (nSPS) is 10.0. The van der Waals surface area contributed by atoms with Crippen molar-refractivity contribution in [3.8, 4) is 0 Å². The molecule has 0 unspecified atom stereocenters. The van der Waals surface area contributed by atoms with E-state index in [0.717, 1.165) is 15.9 Å². The van der Waals surface area contributed by atoms with Crippen molar-refractivity contribution in [2.24, 2.45) is 0 Å². The number of hydrogen-bond donors (Lipinski definition) is 0. The standard InChI is InChI=1S/C8H11BrN2O/c1-6-4-7(9)8(10-5-6)11(2)12-3/h4-5H,1-3H3. The van der Waals surface area contributed by atoms with Crippen molar-refractivity contribution in [2.45, 2.75) is 6.92 Å². The van der Waals surface area contributed by atoms with E-state index >= 15 is 0 Å². The molecule has 0 atom stereocenters. The van der Waals surface area contributed by atoms with Crippen LogP contribution in [0.4, 0.5) is 5.82 Å². The first kappa shape index (κ1) is 9.48. The lowest BCUT2D eigenvalue weighted by Gasteiger charge is -2.15. The number of aromatic nitrogens is 1. The average Bonchev–Trinajstić information content (AvgIpc) is 2.03. The van der Waals surface area contributed by atoms with Gasteiger partial charge in [0.15, 0.2) is 5.82 Å². The molecule has 3 nitrogen and oxygen atoms in total. The second-order valence-corrected chi connectivity index (χ2v) is 3.35. The fraction of sp³-hybridized carbons (Fsp3) is 0.375. The van der Waals surface area contributed by atoms with Gasteiger partial charge in [0.2, 0.25) is 0 Å². The summed E-state index contributed by atoms with van der Waals surface area (Å²) in [4.78, 5) is 9.20. The van der Waals surface area contributed by atoms with E-state index in [0.29, 0.717) is 0 Å². The van der Waals surface area contributed by atoms with E-state index in [9.17, 15) is 0 Å². The summed E-state index contributed by atoms with van der Waals surface area (Å²) in [6.45, 7) is 1.99. The third-order valence-corrected chi connectivity index (χ3v) is 2.11. The van der Waals surface area contributed by atoms with Crippen molar-refractivity contribution >= 4 is 21.7 Å². The van der Waals surface area contributed by atoms with Gasteiger partial charge in [-0.2, -0.15) is 0 Å². The Bertz CT molecular complexity index is 278. The molecule has 0 aliphatic heterocycles. The van der Waals surface area contributed by atoms with Gasteiger partial charge in [-0.05, 0) is 34.5 Å². The third-order valence-electron chi connectivity index (χ3n) is 1.53. The van der Waals surface area contributed by atoms with Gasteiger partial charge < -0.3 is 0 Å². The third kappa shape index (κ3) is 1.95. The van der Waals surface area contributed by atoms with Gasteiger partial charge in [-0.25, -0.2) is 10.0 Å². The van der Waals surface area contributed by atoms with Crippen LogP contribution in [0, 0.1) is 6.92 Å². The van der Waals surface area contributed by atoms with Crippen molar-refractivity contribution in [3.05, 3.63) is 22.3 Å². The van der Waals surface area contributed by atoms with Crippen LogP contribution >= 0.6 is 15.9 Å². The maximum Gasteiger partial charge on any atom is 0.166 e. The number of aryl methyl sites for hydroxylation is 1. The Morgan fingerprint density at radius 3 is 2.75 bits per heavy atom. The van der Waals surface area contributed by atoms with Crippen LogP contribution in [0.2, 0.25) is 0 Å². The molecule has 1 aromatic heterocycles. The maximum atomic E-state index is 5.00. The summed E-state index contributed by atoms with van der Waals surface area (Å²) < 4.78 is 0.937. The zero-order chi connectivity index (χ0) is 9.14. The molecule has 0 bridgehead atoms. The van der Waals surface area contributed by atoms with Crippen LogP contribution in [0.3, 0.4) is 0 Å². The summed E-state index contributed by atoms with van der Waals surface area (Å²) in [6.07, 6.45) is 1.80. The van der Waals surface area contributed by atoms with Gasteiger partial charge in [0.1, 0.15) is 0 Å². The van der Waals surface area contributed by atoms with Gasteiger partial charge in [-0.3, -0.25) is 4.84 Å². The SMILES string of the molecule is CON(C)c1ncc(C)cc1Br. The van der Waals surface area contributed by atoms with Gasteiger partial charge in [0.05, 0.1) is 11.6 Å². The minimum Gasteiger partial charge on any atom is -0.276 e. The first-order chi connectivity index (χ1) is 5.65. The van der Waals surface area contributed by atoms with E-state index < -0.39 is 0 Å². The van der Waals surface area contributed by atoms with Gasteiger partial charge in [-0.1, -0.05) is 0 Å². The monoisotopic (exact) mass is 230 g/mol. The smallest absolute Gasteiger partial charge is 0.166 e. The highest BCUT2D eigenvalue weighted by molar-refractivity contribution is 9.10. The zero-order valence-corrected chi connectivity index (χ0v) is 8.92. The Kier molecular flexibility index (Phi) is 3.05. The summed E-state index contributed by atoms with van der Waals surface area (Å²) in [7, 11) is 3.41. The van der Waals surface area contributed by atoms with E-state index in [1.807, 2.05) is 20.0 Å². The molecule has 0 aliphatic rings. The Morgan fingerprint density at radius 2 is 2.25 bits per heavy atom. The number of nitrogens with zero attached hydrogens (tertiary/aromatic N) is 2. The molecule has 0 aliphatic carbocycles. The molecule has 0 radical (unpaired) electrons. The van der Waals surface area contributed by atoms with E-state index in [4.69, 9.17) is 4.84 Å². The number of halogens is 1. The summed E-state index contributed by atoms with van der Waals surface area (Å²) in [5.41, 5.74) is 1.12. The summed E-state index contributed by atoms with van der Waals surface area (Å²) in [5, 5.41) is 1.60. The average molecular weight is 231 g/mol. The summed E-state index contributed by atoms with van der Waals surface area (Å²) in [6, 6.07) is 2.00. The molecule has 0 aromatic carbocycles. The van der Waals surface area contributed by atoms with Crippen molar-refractivity contribution in [1.82, 2.24) is 4.98 Å². The van der Waals surface area contributed by atoms with E-state index in [1.54, 1.807) is 18.4 Å². The topological polar surface area (TPSA) is 25.4 Å². The van der Waals surface area contributed by atoms with Gasteiger partial charge in [-0.15, -0.1) is 0 Å². The molecule has 1 rings (SSSR count). The van der Waals surface area contributed by atoms with E-state index in [2.05, 4.69) is 20.9 Å². The molecule has 0 saturated heterocycles. The maximum absolute atomic E-state index is 5.00. The minimum atomic E-state index is 0.781. The predicted octanol–water partition coefficient (Wildman–Crippen LogP) is 2.15. The molecule has 0 fully saturated rings. The number of hydroxylamine groups is 1. The number of pyridine rings is 1. The quantitative estimate of drug-likeness (QED) is 0.729. The van der Waals surface area contributed by atoms with Crippen LogP contribution in [0.1, 0.15) is 5.56 Å². The summed E-state index contributed by atoms with van der Waals surface area (Å²) in [5.74, 6) is 0.781. The van der Waals surface area contributed by atoms with Crippen LogP contribution in [0.25, 0.3) is 0 Å². The van der Waals surface area contributed by atoms with Crippen molar-refractivity contribution < 1.29 is 4.84 Å². The highest BCUT2D eigenvalue weighted by atomic mass is 79.9. The fourth-order valence-corrected chi connectivity index (χ4v) is 1.56. The molecule has 0 spiro atoms. The number of anilines is 1. The van der Waals surface area contributed by atoms with E-state index in [-0.39, 0.29) is 0 Å². The zero-order valence-electron chi connectivity index (χ0n) is 7.34. The highest BCUT2D eigenvalue weighted by Gasteiger charge is 2.05. The number of hydrogen-bond acceptors (Lipinski definition) is 3. The molecule has 66 valence electrons. The Balaban J connectivity index is 3.01. The lowest BCUT2D eigenvalue weighted by atomic mass is 10.3. The van der Waals surface area contributed by atoms with Crippen molar-refractivity contribution in [3.63, 3.8) is 0 Å². The van der Waals surface area contributed by atoms with Crippen LogP contribution in [0.5, 0.6) is 0 Å². The molecule has 4 heteroatoms. The summed E-state index contributed by atoms with van der Waals surface area (Å²) >= 11 is 3.40. The molecule has 1 aromatic rings. The number of rotatable bonds is 2. The van der Waals surface area contributed by atoms with Gasteiger partial charge in [0, 0.05) is 13.2 Å². The molecular formula is C8H11BrN2O. The largest absolute Gasteiger partial charge is 0.276 e. The van der Waals surface area contributed by atoms with Crippen LogP contribution in [-0.2, 0) is 4.84 Å². The molecule has 0 saturated carbocycles.